The molecule has 3 aromatic rings. The Balaban J connectivity index is 1.74. The highest BCUT2D eigenvalue weighted by molar-refractivity contribution is 5.90. The number of fused-ring (bicyclic) bond motifs is 1. The molecule has 140 valence electrons. The van der Waals surface area contributed by atoms with Crippen LogP contribution in [-0.2, 0) is 4.79 Å². The van der Waals surface area contributed by atoms with Crippen molar-refractivity contribution in [3.8, 4) is 23.2 Å². The van der Waals surface area contributed by atoms with E-state index in [-0.39, 0.29) is 5.91 Å². The number of rotatable bonds is 1. The molecule has 0 bridgehead atoms. The van der Waals surface area contributed by atoms with Crippen LogP contribution in [-0.4, -0.2) is 50.1 Å². The third-order valence-corrected chi connectivity index (χ3v) is 4.94. The van der Waals surface area contributed by atoms with E-state index in [9.17, 15) is 9.90 Å². The van der Waals surface area contributed by atoms with Crippen LogP contribution in [0.4, 0.5) is 5.82 Å². The molecule has 3 N–H and O–H groups in total. The predicted octanol–water partition coefficient (Wildman–Crippen LogP) is 1.53. The van der Waals surface area contributed by atoms with Crippen molar-refractivity contribution in [2.45, 2.75) is 18.9 Å². The molecule has 1 amide bonds. The molecule has 0 spiro atoms. The SMILES string of the molecule is Cc1ccc(-c2ncc3ccnc(N)c3n2)cc1C#C[C@]1(O)CCN(C)C1=O. The van der Waals surface area contributed by atoms with Gasteiger partial charge in [0.05, 0.1) is 0 Å². The second kappa shape index (κ2) is 6.59. The largest absolute Gasteiger partial charge is 0.382 e. The van der Waals surface area contributed by atoms with Gasteiger partial charge in [0.15, 0.2) is 5.82 Å². The molecular weight excluding hydrogens is 354 g/mol. The number of likely N-dealkylation sites (tertiary alicyclic amines) is 1. The van der Waals surface area contributed by atoms with E-state index in [0.29, 0.717) is 35.7 Å². The number of nitrogens with two attached hydrogens (primary N) is 1. The number of carbonyl (C=O) groups excluding carboxylic acids is 1. The van der Waals surface area contributed by atoms with E-state index in [0.717, 1.165) is 16.5 Å². The van der Waals surface area contributed by atoms with Gasteiger partial charge < -0.3 is 15.7 Å². The van der Waals surface area contributed by atoms with E-state index in [1.165, 1.54) is 4.90 Å². The quantitative estimate of drug-likeness (QED) is 0.627. The Morgan fingerprint density at radius 1 is 1.29 bits per heavy atom. The number of carbonyl (C=O) groups is 1. The summed E-state index contributed by atoms with van der Waals surface area (Å²) in [5, 5.41) is 11.3. The molecule has 7 heteroatoms. The second-order valence-corrected chi connectivity index (χ2v) is 6.94. The van der Waals surface area contributed by atoms with Crippen molar-refractivity contribution in [1.82, 2.24) is 19.9 Å². The van der Waals surface area contributed by atoms with Crippen LogP contribution in [0.25, 0.3) is 22.3 Å². The van der Waals surface area contributed by atoms with Gasteiger partial charge in [-0.05, 0) is 24.6 Å². The molecule has 1 aromatic carbocycles. The molecule has 0 saturated carbocycles. The van der Waals surface area contributed by atoms with Crippen molar-refractivity contribution >= 4 is 22.6 Å². The van der Waals surface area contributed by atoms with Crippen LogP contribution in [0.2, 0.25) is 0 Å². The first kappa shape index (κ1) is 17.9. The zero-order chi connectivity index (χ0) is 19.9. The van der Waals surface area contributed by atoms with Gasteiger partial charge >= 0.3 is 0 Å². The maximum atomic E-state index is 12.1. The van der Waals surface area contributed by atoms with Gasteiger partial charge in [-0.3, -0.25) is 4.79 Å². The van der Waals surface area contributed by atoms with Gasteiger partial charge in [-0.2, -0.15) is 0 Å². The Labute approximate surface area is 162 Å². The van der Waals surface area contributed by atoms with Gasteiger partial charge in [-0.15, -0.1) is 0 Å². The van der Waals surface area contributed by atoms with Crippen LogP contribution in [0.1, 0.15) is 17.5 Å². The molecule has 2 aromatic heterocycles. The Morgan fingerprint density at radius 2 is 2.11 bits per heavy atom. The molecular formula is C21H19N5O2. The monoisotopic (exact) mass is 373 g/mol. The molecule has 7 nitrogen and oxygen atoms in total. The van der Waals surface area contributed by atoms with E-state index < -0.39 is 5.60 Å². The van der Waals surface area contributed by atoms with Gasteiger partial charge in [0.2, 0.25) is 5.60 Å². The standard InChI is InChI=1S/C21H19N5O2/c1-13-3-4-15(19-24-12-16-6-9-23-18(22)17(16)25-19)11-14(13)5-7-21(28)8-10-26(2)20(21)27/h3-4,6,9,11-12,28H,8,10H2,1-2H3,(H2,22,23)/t21-/m0/s1. The number of nitrogen functional groups attached to an aromatic ring is 1. The van der Waals surface area contributed by atoms with Crippen LogP contribution in [0.5, 0.6) is 0 Å². The van der Waals surface area contributed by atoms with E-state index in [1.807, 2.05) is 25.1 Å². The smallest absolute Gasteiger partial charge is 0.267 e. The minimum Gasteiger partial charge on any atom is -0.382 e. The molecule has 1 aliphatic heterocycles. The molecule has 0 radical (unpaired) electrons. The highest BCUT2D eigenvalue weighted by Crippen LogP contribution is 2.24. The van der Waals surface area contributed by atoms with Gasteiger partial charge in [0.25, 0.3) is 5.91 Å². The Bertz CT molecular complexity index is 1160. The third kappa shape index (κ3) is 3.04. The number of nitrogens with zero attached hydrogens (tertiary/aromatic N) is 4. The van der Waals surface area contributed by atoms with Crippen molar-refractivity contribution in [2.75, 3.05) is 19.3 Å². The van der Waals surface area contributed by atoms with Crippen molar-refractivity contribution in [2.24, 2.45) is 0 Å². The minimum absolute atomic E-state index is 0.300. The third-order valence-electron chi connectivity index (χ3n) is 4.94. The van der Waals surface area contributed by atoms with Gasteiger partial charge in [0.1, 0.15) is 11.3 Å². The normalized spacial score (nSPS) is 19.0. The summed E-state index contributed by atoms with van der Waals surface area (Å²) in [7, 11) is 1.66. The number of aryl methyl sites for hydroxylation is 1. The molecule has 1 atom stereocenters. The predicted molar refractivity (Wildman–Crippen MR) is 106 cm³/mol. The maximum absolute atomic E-state index is 12.1. The molecule has 3 heterocycles. The molecule has 1 saturated heterocycles. The van der Waals surface area contributed by atoms with Gasteiger partial charge in [0, 0.05) is 48.9 Å². The first-order valence-corrected chi connectivity index (χ1v) is 8.87. The first-order valence-electron chi connectivity index (χ1n) is 8.87. The topological polar surface area (TPSA) is 105 Å². The fraction of sp³-hybridized carbons (Fsp3) is 0.238. The van der Waals surface area contributed by atoms with Crippen molar-refractivity contribution < 1.29 is 9.90 Å². The lowest BCUT2D eigenvalue weighted by atomic mass is 10.0. The molecule has 28 heavy (non-hydrogen) atoms. The maximum Gasteiger partial charge on any atom is 0.267 e. The van der Waals surface area contributed by atoms with Gasteiger partial charge in [-0.25, -0.2) is 15.0 Å². The van der Waals surface area contributed by atoms with Crippen LogP contribution in [0.15, 0.2) is 36.7 Å². The lowest BCUT2D eigenvalue weighted by Gasteiger charge is -2.13. The number of hydrogen-bond acceptors (Lipinski definition) is 6. The highest BCUT2D eigenvalue weighted by Gasteiger charge is 2.42. The number of benzene rings is 1. The fourth-order valence-electron chi connectivity index (χ4n) is 3.15. The summed E-state index contributed by atoms with van der Waals surface area (Å²) in [4.78, 5) is 26.6. The average molecular weight is 373 g/mol. The van der Waals surface area contributed by atoms with Crippen LogP contribution >= 0.6 is 0 Å². The summed E-state index contributed by atoms with van der Waals surface area (Å²) < 4.78 is 0. The minimum atomic E-state index is -1.63. The Hall–Kier alpha value is -3.50. The van der Waals surface area contributed by atoms with Crippen molar-refractivity contribution in [1.29, 1.82) is 0 Å². The fourth-order valence-corrected chi connectivity index (χ4v) is 3.15. The Kier molecular flexibility index (Phi) is 4.21. The zero-order valence-corrected chi connectivity index (χ0v) is 15.6. The molecule has 1 aliphatic rings. The number of pyridine rings is 1. The van der Waals surface area contributed by atoms with E-state index >= 15 is 0 Å². The number of amides is 1. The summed E-state index contributed by atoms with van der Waals surface area (Å²) >= 11 is 0. The molecule has 0 unspecified atom stereocenters. The summed E-state index contributed by atoms with van der Waals surface area (Å²) in [5.41, 5.74) is 7.29. The highest BCUT2D eigenvalue weighted by atomic mass is 16.3. The number of hydrogen-bond donors (Lipinski definition) is 2. The molecule has 1 fully saturated rings. The molecule has 4 rings (SSSR count). The number of anilines is 1. The van der Waals surface area contributed by atoms with E-state index in [1.54, 1.807) is 25.5 Å². The van der Waals surface area contributed by atoms with Gasteiger partial charge in [-0.1, -0.05) is 24.0 Å². The number of likely N-dealkylation sites (N-methyl/N-ethyl adjacent to an activating group) is 1. The summed E-state index contributed by atoms with van der Waals surface area (Å²) in [6.45, 7) is 2.41. The number of aromatic nitrogens is 3. The summed E-state index contributed by atoms with van der Waals surface area (Å²) in [5.74, 6) is 6.21. The molecule has 0 aliphatic carbocycles. The van der Waals surface area contributed by atoms with Crippen molar-refractivity contribution in [3.05, 3.63) is 47.8 Å². The second-order valence-electron chi connectivity index (χ2n) is 6.94. The lowest BCUT2D eigenvalue weighted by Crippen LogP contribution is -2.37. The zero-order valence-electron chi connectivity index (χ0n) is 15.6. The Morgan fingerprint density at radius 3 is 2.86 bits per heavy atom. The summed E-state index contributed by atoms with van der Waals surface area (Å²) in [6.07, 6.45) is 3.62. The summed E-state index contributed by atoms with van der Waals surface area (Å²) in [6, 6.07) is 7.46. The van der Waals surface area contributed by atoms with Crippen molar-refractivity contribution in [3.63, 3.8) is 0 Å². The number of aliphatic hydroxyl groups is 1. The van der Waals surface area contributed by atoms with E-state index in [4.69, 9.17) is 5.73 Å². The van der Waals surface area contributed by atoms with Crippen LogP contribution < -0.4 is 5.73 Å². The average Bonchev–Trinajstić information content (AvgIpc) is 2.95. The first-order chi connectivity index (χ1) is 13.4. The van der Waals surface area contributed by atoms with Crippen LogP contribution in [0, 0.1) is 18.8 Å². The van der Waals surface area contributed by atoms with Crippen LogP contribution in [0.3, 0.4) is 0 Å². The van der Waals surface area contributed by atoms with E-state index in [2.05, 4.69) is 26.8 Å². The lowest BCUT2D eigenvalue weighted by molar-refractivity contribution is -0.137.